The van der Waals surface area contributed by atoms with Crippen molar-refractivity contribution in [1.29, 1.82) is 0 Å². The van der Waals surface area contributed by atoms with Crippen molar-refractivity contribution in [3.05, 3.63) is 22.8 Å². The lowest BCUT2D eigenvalue weighted by molar-refractivity contribution is -0.152. The number of anilines is 1. The molecule has 0 amide bonds. The first-order chi connectivity index (χ1) is 7.37. The highest BCUT2D eigenvalue weighted by Crippen LogP contribution is 2.10. The first kappa shape index (κ1) is 13.0. The fourth-order valence-corrected chi connectivity index (χ4v) is 1.39. The van der Waals surface area contributed by atoms with E-state index in [0.29, 0.717) is 5.82 Å². The molecular formula is C11H15BrN2O2. The molecule has 5 heteroatoms. The van der Waals surface area contributed by atoms with Crippen molar-refractivity contribution < 1.29 is 9.53 Å². The number of nitrogens with zero attached hydrogens (tertiary/aromatic N) is 1. The maximum absolute atomic E-state index is 11.4. The Bertz CT molecular complexity index is 374. The SMILES string of the molecule is CC(C)(C)OC(=O)CNc1cccc(Br)n1. The lowest BCUT2D eigenvalue weighted by Gasteiger charge is -2.19. The number of aromatic nitrogens is 1. The fraction of sp³-hybridized carbons (Fsp3) is 0.455. The molecule has 0 aliphatic carbocycles. The van der Waals surface area contributed by atoms with Crippen molar-refractivity contribution in [2.24, 2.45) is 0 Å². The second kappa shape index (κ2) is 5.30. The quantitative estimate of drug-likeness (QED) is 0.686. The molecule has 0 atom stereocenters. The van der Waals surface area contributed by atoms with E-state index in [2.05, 4.69) is 26.2 Å². The number of ether oxygens (including phenoxy) is 1. The van der Waals surface area contributed by atoms with Gasteiger partial charge in [-0.2, -0.15) is 0 Å². The second-order valence-electron chi connectivity index (χ2n) is 4.29. The number of nitrogens with one attached hydrogen (secondary N) is 1. The van der Waals surface area contributed by atoms with Gasteiger partial charge in [0.15, 0.2) is 0 Å². The van der Waals surface area contributed by atoms with Gasteiger partial charge in [-0.1, -0.05) is 6.07 Å². The summed E-state index contributed by atoms with van der Waals surface area (Å²) in [4.78, 5) is 15.5. The zero-order valence-electron chi connectivity index (χ0n) is 9.58. The molecule has 1 heterocycles. The molecule has 1 N–H and O–H groups in total. The van der Waals surface area contributed by atoms with E-state index < -0.39 is 5.60 Å². The molecule has 0 aliphatic heterocycles. The molecule has 0 bridgehead atoms. The number of carbonyl (C=O) groups excluding carboxylic acids is 1. The van der Waals surface area contributed by atoms with Gasteiger partial charge in [0, 0.05) is 0 Å². The number of esters is 1. The third-order valence-electron chi connectivity index (χ3n) is 1.55. The minimum Gasteiger partial charge on any atom is -0.459 e. The third-order valence-corrected chi connectivity index (χ3v) is 1.99. The topological polar surface area (TPSA) is 51.2 Å². The summed E-state index contributed by atoms with van der Waals surface area (Å²) >= 11 is 3.25. The van der Waals surface area contributed by atoms with Crippen LogP contribution in [0.3, 0.4) is 0 Å². The number of pyridine rings is 1. The number of rotatable bonds is 3. The number of hydrogen-bond donors (Lipinski definition) is 1. The van der Waals surface area contributed by atoms with Crippen LogP contribution in [-0.4, -0.2) is 23.1 Å². The van der Waals surface area contributed by atoms with E-state index >= 15 is 0 Å². The first-order valence-electron chi connectivity index (χ1n) is 4.95. The van der Waals surface area contributed by atoms with Crippen molar-refractivity contribution in [3.8, 4) is 0 Å². The molecular weight excluding hydrogens is 272 g/mol. The van der Waals surface area contributed by atoms with Crippen molar-refractivity contribution in [2.45, 2.75) is 26.4 Å². The molecule has 1 aromatic heterocycles. The molecule has 0 fully saturated rings. The maximum atomic E-state index is 11.4. The largest absolute Gasteiger partial charge is 0.459 e. The van der Waals surface area contributed by atoms with Crippen molar-refractivity contribution in [3.63, 3.8) is 0 Å². The van der Waals surface area contributed by atoms with Crippen molar-refractivity contribution >= 4 is 27.7 Å². The van der Waals surface area contributed by atoms with E-state index in [-0.39, 0.29) is 12.5 Å². The zero-order chi connectivity index (χ0) is 12.2. The minimum absolute atomic E-state index is 0.112. The molecule has 88 valence electrons. The van der Waals surface area contributed by atoms with E-state index in [0.717, 1.165) is 4.60 Å². The van der Waals surface area contributed by atoms with Crippen LogP contribution in [-0.2, 0) is 9.53 Å². The normalized spacial score (nSPS) is 11.0. The standard InChI is InChI=1S/C11H15BrN2O2/c1-11(2,3)16-10(15)7-13-9-6-4-5-8(12)14-9/h4-6H,7H2,1-3H3,(H,13,14). The molecule has 0 unspecified atom stereocenters. The van der Waals surface area contributed by atoms with Gasteiger partial charge in [-0.3, -0.25) is 4.79 Å². The molecule has 0 saturated carbocycles. The van der Waals surface area contributed by atoms with Gasteiger partial charge in [0.1, 0.15) is 22.6 Å². The molecule has 0 radical (unpaired) electrons. The Kier molecular flexibility index (Phi) is 4.29. The Hall–Kier alpha value is -1.10. The highest BCUT2D eigenvalue weighted by atomic mass is 79.9. The summed E-state index contributed by atoms with van der Waals surface area (Å²) in [5.41, 5.74) is -0.455. The summed E-state index contributed by atoms with van der Waals surface area (Å²) in [5.74, 6) is 0.342. The van der Waals surface area contributed by atoms with Gasteiger partial charge >= 0.3 is 5.97 Å². The molecule has 4 nitrogen and oxygen atoms in total. The van der Waals surface area contributed by atoms with E-state index in [1.165, 1.54) is 0 Å². The molecule has 0 saturated heterocycles. The highest BCUT2D eigenvalue weighted by Gasteiger charge is 2.15. The predicted molar refractivity (Wildman–Crippen MR) is 66.3 cm³/mol. The summed E-state index contributed by atoms with van der Waals surface area (Å²) < 4.78 is 5.87. The molecule has 1 rings (SSSR count). The molecule has 1 aromatic rings. The highest BCUT2D eigenvalue weighted by molar-refractivity contribution is 9.10. The summed E-state index contributed by atoms with van der Waals surface area (Å²) in [5, 5.41) is 2.89. The summed E-state index contributed by atoms with van der Waals surface area (Å²) in [6.07, 6.45) is 0. The monoisotopic (exact) mass is 286 g/mol. The van der Waals surface area contributed by atoms with Crippen LogP contribution < -0.4 is 5.32 Å². The van der Waals surface area contributed by atoms with Crippen LogP contribution in [0.2, 0.25) is 0 Å². The van der Waals surface area contributed by atoms with Crippen LogP contribution in [0.1, 0.15) is 20.8 Å². The summed E-state index contributed by atoms with van der Waals surface area (Å²) in [7, 11) is 0. The number of carbonyl (C=O) groups is 1. The Morgan fingerprint density at radius 2 is 2.19 bits per heavy atom. The zero-order valence-corrected chi connectivity index (χ0v) is 11.2. The third kappa shape index (κ3) is 5.11. The predicted octanol–water partition coefficient (Wildman–Crippen LogP) is 2.60. The van der Waals surface area contributed by atoms with Crippen LogP contribution in [0, 0.1) is 0 Å². The Morgan fingerprint density at radius 1 is 1.50 bits per heavy atom. The lowest BCUT2D eigenvalue weighted by atomic mass is 10.2. The number of hydrogen-bond acceptors (Lipinski definition) is 4. The smallest absolute Gasteiger partial charge is 0.325 e. The summed E-state index contributed by atoms with van der Waals surface area (Å²) in [6.45, 7) is 5.62. The molecule has 16 heavy (non-hydrogen) atoms. The van der Waals surface area contributed by atoms with Crippen molar-refractivity contribution in [1.82, 2.24) is 4.98 Å². The van der Waals surface area contributed by atoms with Gasteiger partial charge in [0.2, 0.25) is 0 Å². The molecule has 0 aromatic carbocycles. The van der Waals surface area contributed by atoms with Crippen LogP contribution in [0.5, 0.6) is 0 Å². The Morgan fingerprint density at radius 3 is 2.75 bits per heavy atom. The van der Waals surface area contributed by atoms with Gasteiger partial charge in [0.05, 0.1) is 0 Å². The van der Waals surface area contributed by atoms with E-state index in [9.17, 15) is 4.79 Å². The average molecular weight is 287 g/mol. The van der Waals surface area contributed by atoms with E-state index in [1.807, 2.05) is 32.9 Å². The maximum Gasteiger partial charge on any atom is 0.325 e. The summed E-state index contributed by atoms with van der Waals surface area (Å²) in [6, 6.07) is 5.45. The average Bonchev–Trinajstić information content (AvgIpc) is 2.12. The van der Waals surface area contributed by atoms with Crippen LogP contribution in [0.15, 0.2) is 22.8 Å². The van der Waals surface area contributed by atoms with Crippen LogP contribution in [0.25, 0.3) is 0 Å². The minimum atomic E-state index is -0.455. The van der Waals surface area contributed by atoms with E-state index in [1.54, 1.807) is 6.07 Å². The van der Waals surface area contributed by atoms with Gasteiger partial charge < -0.3 is 10.1 Å². The van der Waals surface area contributed by atoms with Crippen molar-refractivity contribution in [2.75, 3.05) is 11.9 Å². The van der Waals surface area contributed by atoms with E-state index in [4.69, 9.17) is 4.74 Å². The van der Waals surface area contributed by atoms with Gasteiger partial charge in [-0.05, 0) is 48.8 Å². The Labute approximate surface area is 104 Å². The lowest BCUT2D eigenvalue weighted by Crippen LogP contribution is -2.28. The van der Waals surface area contributed by atoms with Gasteiger partial charge in [0.25, 0.3) is 0 Å². The first-order valence-corrected chi connectivity index (χ1v) is 5.74. The number of halogens is 1. The molecule has 0 aliphatic rings. The van der Waals surface area contributed by atoms with Gasteiger partial charge in [-0.25, -0.2) is 4.98 Å². The fourth-order valence-electron chi connectivity index (χ4n) is 1.05. The van der Waals surface area contributed by atoms with Crippen LogP contribution in [0.4, 0.5) is 5.82 Å². The Balaban J connectivity index is 2.43. The molecule has 0 spiro atoms. The second-order valence-corrected chi connectivity index (χ2v) is 5.10. The van der Waals surface area contributed by atoms with Gasteiger partial charge in [-0.15, -0.1) is 0 Å². The van der Waals surface area contributed by atoms with Crippen LogP contribution >= 0.6 is 15.9 Å².